The predicted molar refractivity (Wildman–Crippen MR) is 137 cm³/mol. The Morgan fingerprint density at radius 2 is 1.81 bits per heavy atom. The predicted octanol–water partition coefficient (Wildman–Crippen LogP) is 9.18. The second-order valence-electron chi connectivity index (χ2n) is 12.3. The van der Waals surface area contributed by atoms with Crippen molar-refractivity contribution in [2.75, 3.05) is 6.61 Å². The second kappa shape index (κ2) is 11.4. The van der Waals surface area contributed by atoms with Gasteiger partial charge in [0.25, 0.3) is 0 Å². The van der Waals surface area contributed by atoms with E-state index < -0.39 is 0 Å². The lowest BCUT2D eigenvalue weighted by atomic mass is 9.53. The molecule has 0 heterocycles. The Bertz CT molecular complexity index is 685. The van der Waals surface area contributed by atoms with E-state index in [4.69, 9.17) is 5.11 Å². The summed E-state index contributed by atoms with van der Waals surface area (Å²) in [6.07, 6.45) is 16.3. The summed E-state index contributed by atoms with van der Waals surface area (Å²) in [5.74, 6) is 1.40. The fourth-order valence-electron chi connectivity index (χ4n) is 6.33. The van der Waals surface area contributed by atoms with Gasteiger partial charge < -0.3 is 5.11 Å². The van der Waals surface area contributed by atoms with E-state index in [1.54, 1.807) is 16.7 Å². The van der Waals surface area contributed by atoms with Gasteiger partial charge in [0.2, 0.25) is 0 Å². The first-order valence-electron chi connectivity index (χ1n) is 13.1. The summed E-state index contributed by atoms with van der Waals surface area (Å²) in [7, 11) is 0. The third-order valence-corrected chi connectivity index (χ3v) is 8.74. The topological polar surface area (TPSA) is 20.2 Å². The van der Waals surface area contributed by atoms with Crippen molar-refractivity contribution in [2.24, 2.45) is 22.7 Å². The summed E-state index contributed by atoms with van der Waals surface area (Å²) in [4.78, 5) is 0. The molecule has 178 valence electrons. The normalized spacial score (nSPS) is 27.1. The standard InChI is InChI=1S/C30H52O/c1-22(2)26(24(4)12-10-20-31)15-14-23(3)11-9-13-27-25(5)16-17-30(8)19-18-29(6,7)21-28(27)30/h11,24,28,31H,9-10,12-21H2,1-8H3. The molecule has 0 spiro atoms. The number of hydrogen-bond donors (Lipinski definition) is 1. The summed E-state index contributed by atoms with van der Waals surface area (Å²) in [6.45, 7) is 19.5. The number of aliphatic hydroxyl groups is 1. The maximum atomic E-state index is 9.16. The smallest absolute Gasteiger partial charge is 0.0431 e. The van der Waals surface area contributed by atoms with Gasteiger partial charge >= 0.3 is 0 Å². The number of allylic oxidation sites excluding steroid dienone is 6. The Labute approximate surface area is 194 Å². The van der Waals surface area contributed by atoms with Crippen LogP contribution in [0, 0.1) is 22.7 Å². The fourth-order valence-corrected chi connectivity index (χ4v) is 6.33. The van der Waals surface area contributed by atoms with E-state index in [0.29, 0.717) is 23.4 Å². The highest BCUT2D eigenvalue weighted by atomic mass is 16.2. The zero-order valence-corrected chi connectivity index (χ0v) is 22.2. The first-order valence-corrected chi connectivity index (χ1v) is 13.1. The van der Waals surface area contributed by atoms with Crippen LogP contribution in [0.5, 0.6) is 0 Å². The lowest BCUT2D eigenvalue weighted by Crippen LogP contribution is -2.41. The van der Waals surface area contributed by atoms with Gasteiger partial charge in [-0.15, -0.1) is 0 Å². The van der Waals surface area contributed by atoms with Crippen LogP contribution in [0.3, 0.4) is 0 Å². The molecular formula is C30H52O. The lowest BCUT2D eigenvalue weighted by Gasteiger charge is -2.52. The second-order valence-corrected chi connectivity index (χ2v) is 12.3. The SMILES string of the molecule is CC(=CCCC1=C(C)CCC2(C)CCC(C)(C)CC12)CCC(=C(C)C)C(C)CCCO. The third-order valence-electron chi connectivity index (χ3n) is 8.74. The van der Waals surface area contributed by atoms with Gasteiger partial charge in [0.15, 0.2) is 0 Å². The average Bonchev–Trinajstić information content (AvgIpc) is 2.69. The summed E-state index contributed by atoms with van der Waals surface area (Å²) in [5.41, 5.74) is 9.20. The van der Waals surface area contributed by atoms with E-state index in [-0.39, 0.29) is 0 Å². The Hall–Kier alpha value is -0.820. The van der Waals surface area contributed by atoms with Crippen molar-refractivity contribution in [2.45, 2.75) is 126 Å². The van der Waals surface area contributed by atoms with Gasteiger partial charge in [-0.3, -0.25) is 0 Å². The Kier molecular flexibility index (Phi) is 9.68. The zero-order chi connectivity index (χ0) is 23.2. The van der Waals surface area contributed by atoms with Crippen molar-refractivity contribution in [1.29, 1.82) is 0 Å². The third kappa shape index (κ3) is 7.34. The van der Waals surface area contributed by atoms with E-state index >= 15 is 0 Å². The van der Waals surface area contributed by atoms with Gasteiger partial charge in [-0.2, -0.15) is 0 Å². The Balaban J connectivity index is 1.96. The summed E-state index contributed by atoms with van der Waals surface area (Å²) < 4.78 is 0. The van der Waals surface area contributed by atoms with Crippen LogP contribution in [0.2, 0.25) is 0 Å². The van der Waals surface area contributed by atoms with Crippen molar-refractivity contribution >= 4 is 0 Å². The maximum Gasteiger partial charge on any atom is 0.0431 e. The Morgan fingerprint density at radius 1 is 1.10 bits per heavy atom. The summed E-state index contributed by atoms with van der Waals surface area (Å²) in [6, 6.07) is 0. The van der Waals surface area contributed by atoms with E-state index in [2.05, 4.69) is 61.5 Å². The lowest BCUT2D eigenvalue weighted by molar-refractivity contribution is 0.0444. The molecule has 0 aromatic heterocycles. The molecule has 0 radical (unpaired) electrons. The molecule has 0 saturated heterocycles. The van der Waals surface area contributed by atoms with Crippen LogP contribution in [0.15, 0.2) is 33.9 Å². The minimum atomic E-state index is 0.311. The number of aliphatic hydroxyl groups excluding tert-OH is 1. The summed E-state index contributed by atoms with van der Waals surface area (Å²) in [5, 5.41) is 9.16. The van der Waals surface area contributed by atoms with Crippen LogP contribution in [0.25, 0.3) is 0 Å². The average molecular weight is 429 g/mol. The van der Waals surface area contributed by atoms with E-state index in [0.717, 1.165) is 18.8 Å². The molecule has 1 N–H and O–H groups in total. The molecule has 1 nitrogen and oxygen atoms in total. The first-order chi connectivity index (χ1) is 14.5. The van der Waals surface area contributed by atoms with Gasteiger partial charge in [-0.05, 0) is 121 Å². The number of rotatable bonds is 10. The highest BCUT2D eigenvalue weighted by Gasteiger charge is 2.45. The summed E-state index contributed by atoms with van der Waals surface area (Å²) >= 11 is 0. The van der Waals surface area contributed by atoms with Crippen LogP contribution in [0.1, 0.15) is 126 Å². The Morgan fingerprint density at radius 3 is 2.45 bits per heavy atom. The molecule has 2 rings (SSSR count). The highest BCUT2D eigenvalue weighted by molar-refractivity contribution is 5.25. The van der Waals surface area contributed by atoms with Gasteiger partial charge in [0.05, 0.1) is 0 Å². The van der Waals surface area contributed by atoms with Crippen LogP contribution in [-0.2, 0) is 0 Å². The zero-order valence-electron chi connectivity index (χ0n) is 22.2. The molecule has 1 fully saturated rings. The maximum absolute atomic E-state index is 9.16. The van der Waals surface area contributed by atoms with Gasteiger partial charge in [-0.25, -0.2) is 0 Å². The van der Waals surface area contributed by atoms with Crippen LogP contribution in [0.4, 0.5) is 0 Å². The molecule has 0 amide bonds. The van der Waals surface area contributed by atoms with Crippen molar-refractivity contribution < 1.29 is 5.11 Å². The molecule has 0 aromatic carbocycles. The molecule has 3 unspecified atom stereocenters. The number of hydrogen-bond acceptors (Lipinski definition) is 1. The molecule has 2 aliphatic carbocycles. The van der Waals surface area contributed by atoms with Gasteiger partial charge in [-0.1, -0.05) is 61.6 Å². The monoisotopic (exact) mass is 428 g/mol. The molecule has 2 aliphatic rings. The minimum Gasteiger partial charge on any atom is -0.396 e. The van der Waals surface area contributed by atoms with E-state index in [1.165, 1.54) is 63.4 Å². The largest absolute Gasteiger partial charge is 0.396 e. The van der Waals surface area contributed by atoms with Crippen molar-refractivity contribution in [3.8, 4) is 0 Å². The van der Waals surface area contributed by atoms with Crippen LogP contribution < -0.4 is 0 Å². The molecular weight excluding hydrogens is 376 g/mol. The quantitative estimate of drug-likeness (QED) is 0.344. The van der Waals surface area contributed by atoms with E-state index in [9.17, 15) is 0 Å². The van der Waals surface area contributed by atoms with Crippen molar-refractivity contribution in [3.05, 3.63) is 33.9 Å². The molecule has 0 aliphatic heterocycles. The van der Waals surface area contributed by atoms with Gasteiger partial charge in [0, 0.05) is 6.61 Å². The molecule has 0 aromatic rings. The molecule has 3 atom stereocenters. The number of fused-ring (bicyclic) bond motifs is 1. The molecule has 31 heavy (non-hydrogen) atoms. The van der Waals surface area contributed by atoms with E-state index in [1.807, 2.05) is 5.57 Å². The van der Waals surface area contributed by atoms with Gasteiger partial charge in [0.1, 0.15) is 0 Å². The van der Waals surface area contributed by atoms with Crippen molar-refractivity contribution in [1.82, 2.24) is 0 Å². The van der Waals surface area contributed by atoms with Crippen LogP contribution in [-0.4, -0.2) is 11.7 Å². The van der Waals surface area contributed by atoms with Crippen molar-refractivity contribution in [3.63, 3.8) is 0 Å². The highest BCUT2D eigenvalue weighted by Crippen LogP contribution is 2.57. The fraction of sp³-hybridized carbons (Fsp3) is 0.800. The molecule has 1 heteroatoms. The first kappa shape index (κ1) is 26.4. The minimum absolute atomic E-state index is 0.311. The van der Waals surface area contributed by atoms with Crippen LogP contribution >= 0.6 is 0 Å². The molecule has 1 saturated carbocycles. The molecule has 0 bridgehead atoms.